The number of aromatic nitrogens is 1. The van der Waals surface area contributed by atoms with Crippen molar-refractivity contribution in [1.82, 2.24) is 4.98 Å². The van der Waals surface area contributed by atoms with Crippen molar-refractivity contribution < 1.29 is 23.9 Å². The van der Waals surface area contributed by atoms with Crippen molar-refractivity contribution in [2.45, 2.75) is 12.3 Å². The first-order valence-corrected chi connectivity index (χ1v) is 10.6. The van der Waals surface area contributed by atoms with Crippen LogP contribution in [0.2, 0.25) is 0 Å². The molecule has 7 nitrogen and oxygen atoms in total. The van der Waals surface area contributed by atoms with Crippen LogP contribution in [0.25, 0.3) is 0 Å². The number of rotatable bonds is 8. The molecule has 0 aliphatic heterocycles. The Morgan fingerprint density at radius 2 is 1.72 bits per heavy atom. The summed E-state index contributed by atoms with van der Waals surface area (Å²) in [5, 5.41) is 2.50. The van der Waals surface area contributed by atoms with Gasteiger partial charge in [0, 0.05) is 21.9 Å². The van der Waals surface area contributed by atoms with Gasteiger partial charge in [-0.25, -0.2) is 4.79 Å². The van der Waals surface area contributed by atoms with Gasteiger partial charge in [0.2, 0.25) is 0 Å². The Bertz CT molecular complexity index is 1070. The van der Waals surface area contributed by atoms with E-state index >= 15 is 0 Å². The lowest BCUT2D eigenvalue weighted by molar-refractivity contribution is -0.144. The minimum absolute atomic E-state index is 0.356. The molecule has 0 spiro atoms. The predicted octanol–water partition coefficient (Wildman–Crippen LogP) is 4.77. The molecule has 1 unspecified atom stereocenters. The van der Waals surface area contributed by atoms with Crippen LogP contribution in [-0.2, 0) is 20.7 Å². The lowest BCUT2D eigenvalue weighted by atomic mass is 9.95. The number of anilines is 1. The van der Waals surface area contributed by atoms with Crippen molar-refractivity contribution in [3.63, 3.8) is 0 Å². The number of ketones is 1. The molecule has 164 valence electrons. The average molecular weight is 497 g/mol. The van der Waals surface area contributed by atoms with Crippen molar-refractivity contribution in [1.29, 1.82) is 0 Å². The largest absolute Gasteiger partial charge is 0.457 e. The molecule has 0 aliphatic rings. The number of Topliss-reactive ketones (excluding diaryl/α,β-unsaturated/α-hetero) is 1. The van der Waals surface area contributed by atoms with Crippen LogP contribution < -0.4 is 5.32 Å². The van der Waals surface area contributed by atoms with Gasteiger partial charge in [-0.2, -0.15) is 0 Å². The number of nitrogens with one attached hydrogen (secondary N) is 1. The van der Waals surface area contributed by atoms with E-state index in [0.29, 0.717) is 23.4 Å². The molecule has 1 aromatic heterocycles. The molecule has 0 saturated carbocycles. The molecule has 0 saturated heterocycles. The van der Waals surface area contributed by atoms with Crippen molar-refractivity contribution >= 4 is 39.5 Å². The van der Waals surface area contributed by atoms with E-state index in [4.69, 9.17) is 4.74 Å². The van der Waals surface area contributed by atoms with E-state index in [9.17, 15) is 14.4 Å². The summed E-state index contributed by atoms with van der Waals surface area (Å²) in [6, 6.07) is 19.3. The standard InChI is InChI=1S/C24H21BrN2O5/c1-31-24(30)27-19-10-7-17(8-11-19)22(28)15-32-23(29)20(13-16-5-3-2-4-6-16)21-12-9-18(25)14-26-21/h2-12,14,20H,13,15H2,1H3,(H,27,30). The van der Waals surface area contributed by atoms with Crippen LogP contribution in [0.15, 0.2) is 77.4 Å². The molecular weight excluding hydrogens is 476 g/mol. The zero-order valence-corrected chi connectivity index (χ0v) is 18.9. The van der Waals surface area contributed by atoms with E-state index in [2.05, 4.69) is 31.0 Å². The number of nitrogens with zero attached hydrogens (tertiary/aromatic N) is 1. The first-order chi connectivity index (χ1) is 15.5. The smallest absolute Gasteiger partial charge is 0.411 e. The Morgan fingerprint density at radius 1 is 1.00 bits per heavy atom. The number of amides is 1. The first kappa shape index (κ1) is 23.1. The SMILES string of the molecule is COC(=O)Nc1ccc(C(=O)COC(=O)C(Cc2ccccc2)c2ccc(Br)cn2)cc1. The molecule has 8 heteroatoms. The summed E-state index contributed by atoms with van der Waals surface area (Å²) in [6.07, 6.45) is 1.41. The zero-order chi connectivity index (χ0) is 22.9. The van der Waals surface area contributed by atoms with E-state index in [-0.39, 0.29) is 5.78 Å². The van der Waals surface area contributed by atoms with Gasteiger partial charge < -0.3 is 9.47 Å². The first-order valence-electron chi connectivity index (χ1n) is 9.76. The van der Waals surface area contributed by atoms with Gasteiger partial charge in [0.15, 0.2) is 12.4 Å². The van der Waals surface area contributed by atoms with Gasteiger partial charge in [-0.15, -0.1) is 0 Å². The van der Waals surface area contributed by atoms with Crippen LogP contribution in [0.3, 0.4) is 0 Å². The number of hydrogen-bond donors (Lipinski definition) is 1. The van der Waals surface area contributed by atoms with Crippen LogP contribution in [0.4, 0.5) is 10.5 Å². The lowest BCUT2D eigenvalue weighted by Crippen LogP contribution is -2.22. The Hall–Kier alpha value is -3.52. The predicted molar refractivity (Wildman–Crippen MR) is 123 cm³/mol. The highest BCUT2D eigenvalue weighted by atomic mass is 79.9. The van der Waals surface area contributed by atoms with E-state index in [1.54, 1.807) is 36.5 Å². The number of ether oxygens (including phenoxy) is 2. The Kier molecular flexibility index (Phi) is 8.10. The second kappa shape index (κ2) is 11.2. The molecule has 32 heavy (non-hydrogen) atoms. The maximum Gasteiger partial charge on any atom is 0.411 e. The van der Waals surface area contributed by atoms with Crippen molar-refractivity contribution in [2.24, 2.45) is 0 Å². The third kappa shape index (κ3) is 6.49. The second-order valence-electron chi connectivity index (χ2n) is 6.87. The third-order valence-corrected chi connectivity index (χ3v) is 5.13. The van der Waals surface area contributed by atoms with Gasteiger partial charge in [-0.3, -0.25) is 19.9 Å². The fourth-order valence-corrected chi connectivity index (χ4v) is 3.22. The number of esters is 1. The van der Waals surface area contributed by atoms with Crippen LogP contribution in [0, 0.1) is 0 Å². The molecule has 0 aliphatic carbocycles. The monoisotopic (exact) mass is 496 g/mol. The number of carbonyl (C=O) groups excluding carboxylic acids is 3. The number of hydrogen-bond acceptors (Lipinski definition) is 6. The molecule has 0 radical (unpaired) electrons. The maximum absolute atomic E-state index is 12.9. The summed E-state index contributed by atoms with van der Waals surface area (Å²) in [7, 11) is 1.26. The molecular formula is C24H21BrN2O5. The van der Waals surface area contributed by atoms with Gasteiger partial charge in [-0.05, 0) is 64.3 Å². The molecule has 1 amide bonds. The summed E-state index contributed by atoms with van der Waals surface area (Å²) >= 11 is 3.34. The Balaban J connectivity index is 1.67. The number of halogens is 1. The fourth-order valence-electron chi connectivity index (χ4n) is 2.98. The number of carbonyl (C=O) groups is 3. The highest BCUT2D eigenvalue weighted by molar-refractivity contribution is 9.10. The summed E-state index contributed by atoms with van der Waals surface area (Å²) < 4.78 is 10.7. The minimum atomic E-state index is -0.648. The van der Waals surface area contributed by atoms with Gasteiger partial charge >= 0.3 is 12.1 Å². The molecule has 1 atom stereocenters. The van der Waals surface area contributed by atoms with Crippen molar-refractivity contribution in [3.8, 4) is 0 Å². The summed E-state index contributed by atoms with van der Waals surface area (Å²) in [6.45, 7) is -0.398. The van der Waals surface area contributed by atoms with Crippen molar-refractivity contribution in [2.75, 3.05) is 19.0 Å². The molecule has 2 aromatic carbocycles. The molecule has 3 rings (SSSR count). The van der Waals surface area contributed by atoms with E-state index in [0.717, 1.165) is 10.0 Å². The van der Waals surface area contributed by atoms with Gasteiger partial charge in [-0.1, -0.05) is 30.3 Å². The van der Waals surface area contributed by atoms with Crippen molar-refractivity contribution in [3.05, 3.63) is 94.2 Å². The topological polar surface area (TPSA) is 94.6 Å². The number of pyridine rings is 1. The Labute approximate surface area is 193 Å². The van der Waals surface area contributed by atoms with Crippen LogP contribution in [-0.4, -0.2) is 36.5 Å². The number of methoxy groups -OCH3 is 1. The minimum Gasteiger partial charge on any atom is -0.457 e. The summed E-state index contributed by atoms with van der Waals surface area (Å²) in [4.78, 5) is 41.0. The third-order valence-electron chi connectivity index (χ3n) is 4.66. The molecule has 0 bridgehead atoms. The van der Waals surface area contributed by atoms with Gasteiger partial charge in [0.1, 0.15) is 5.92 Å². The Morgan fingerprint density at radius 3 is 2.34 bits per heavy atom. The zero-order valence-electron chi connectivity index (χ0n) is 17.3. The van der Waals surface area contributed by atoms with Crippen LogP contribution in [0.1, 0.15) is 27.5 Å². The van der Waals surface area contributed by atoms with E-state index in [1.807, 2.05) is 36.4 Å². The fraction of sp³-hybridized carbons (Fsp3) is 0.167. The van der Waals surface area contributed by atoms with Crippen LogP contribution in [0.5, 0.6) is 0 Å². The molecule has 0 fully saturated rings. The lowest BCUT2D eigenvalue weighted by Gasteiger charge is -2.16. The molecule has 1 N–H and O–H groups in total. The quantitative estimate of drug-likeness (QED) is 0.356. The van der Waals surface area contributed by atoms with Crippen LogP contribution >= 0.6 is 15.9 Å². The summed E-state index contributed by atoms with van der Waals surface area (Å²) in [5.74, 6) is -1.53. The van der Waals surface area contributed by atoms with E-state index < -0.39 is 24.6 Å². The highest BCUT2D eigenvalue weighted by Gasteiger charge is 2.25. The van der Waals surface area contributed by atoms with Gasteiger partial charge in [0.05, 0.1) is 12.8 Å². The average Bonchev–Trinajstić information content (AvgIpc) is 2.82. The number of benzene rings is 2. The normalized spacial score (nSPS) is 11.3. The second-order valence-corrected chi connectivity index (χ2v) is 7.78. The highest BCUT2D eigenvalue weighted by Crippen LogP contribution is 2.23. The maximum atomic E-state index is 12.9. The van der Waals surface area contributed by atoms with Gasteiger partial charge in [0.25, 0.3) is 0 Å². The summed E-state index contributed by atoms with van der Waals surface area (Å²) in [5.41, 5.74) is 2.36. The molecule has 1 heterocycles. The van der Waals surface area contributed by atoms with E-state index in [1.165, 1.54) is 7.11 Å². The molecule has 3 aromatic rings.